The van der Waals surface area contributed by atoms with Gasteiger partial charge in [0.1, 0.15) is 0 Å². The lowest BCUT2D eigenvalue weighted by Crippen LogP contribution is -1.98. The maximum Gasteiger partial charge on any atom is 0.294 e. The summed E-state index contributed by atoms with van der Waals surface area (Å²) in [4.78, 5) is 2.01. The van der Waals surface area contributed by atoms with Crippen LogP contribution in [0, 0.1) is 0 Å². The Hall–Kier alpha value is -1.56. The second-order valence-corrected chi connectivity index (χ2v) is 6.65. The molecule has 96 valence electrons. The van der Waals surface area contributed by atoms with Crippen molar-refractivity contribution in [1.29, 1.82) is 0 Å². The van der Waals surface area contributed by atoms with Crippen molar-refractivity contribution in [3.63, 3.8) is 0 Å². The van der Waals surface area contributed by atoms with Gasteiger partial charge in [-0.05, 0) is 35.4 Å². The normalized spacial score (nSPS) is 13.5. The standard InChI is InChI=1S/C14H10O3S2/c15-19(16,17)12-7-8-14-11(9-12)6-5-10-3-1-2-4-13(10)18-14/h1-9H,(H,15,16,17). The molecule has 5 heteroatoms. The van der Waals surface area contributed by atoms with Gasteiger partial charge in [0, 0.05) is 9.79 Å². The molecule has 0 bridgehead atoms. The van der Waals surface area contributed by atoms with Crippen LogP contribution in [-0.4, -0.2) is 13.0 Å². The van der Waals surface area contributed by atoms with Crippen molar-refractivity contribution in [1.82, 2.24) is 0 Å². The predicted molar refractivity (Wildman–Crippen MR) is 75.7 cm³/mol. The SMILES string of the molecule is O=S(=O)(O)c1ccc2c(c1)C=Cc1ccccc1S2. The van der Waals surface area contributed by atoms with Gasteiger partial charge in [0.15, 0.2) is 0 Å². The molecule has 1 aliphatic rings. The Labute approximate surface area is 115 Å². The summed E-state index contributed by atoms with van der Waals surface area (Å²) in [6, 6.07) is 12.6. The third kappa shape index (κ3) is 2.45. The van der Waals surface area contributed by atoms with Crippen LogP contribution in [0.2, 0.25) is 0 Å². The van der Waals surface area contributed by atoms with Crippen molar-refractivity contribution < 1.29 is 13.0 Å². The molecule has 0 fully saturated rings. The van der Waals surface area contributed by atoms with Crippen molar-refractivity contribution in [3.05, 3.63) is 53.6 Å². The molecule has 3 rings (SSSR count). The van der Waals surface area contributed by atoms with Crippen molar-refractivity contribution >= 4 is 34.0 Å². The Morgan fingerprint density at radius 1 is 0.895 bits per heavy atom. The molecule has 0 radical (unpaired) electrons. The maximum atomic E-state index is 11.1. The van der Waals surface area contributed by atoms with Crippen LogP contribution in [0.1, 0.15) is 11.1 Å². The lowest BCUT2D eigenvalue weighted by molar-refractivity contribution is 0.483. The summed E-state index contributed by atoms with van der Waals surface area (Å²) in [5.74, 6) is 0. The summed E-state index contributed by atoms with van der Waals surface area (Å²) in [7, 11) is -4.16. The molecule has 2 aromatic rings. The number of hydrogen-bond donors (Lipinski definition) is 1. The molecule has 0 aliphatic carbocycles. The summed E-state index contributed by atoms with van der Waals surface area (Å²) in [6.07, 6.45) is 3.81. The highest BCUT2D eigenvalue weighted by molar-refractivity contribution is 7.99. The van der Waals surface area contributed by atoms with E-state index in [-0.39, 0.29) is 4.90 Å². The molecule has 0 saturated carbocycles. The summed E-state index contributed by atoms with van der Waals surface area (Å²) in [6.45, 7) is 0. The van der Waals surface area contributed by atoms with Gasteiger partial charge in [-0.25, -0.2) is 0 Å². The summed E-state index contributed by atoms with van der Waals surface area (Å²) < 4.78 is 31.4. The molecule has 0 unspecified atom stereocenters. The van der Waals surface area contributed by atoms with E-state index in [1.54, 1.807) is 17.8 Å². The fourth-order valence-electron chi connectivity index (χ4n) is 1.92. The van der Waals surface area contributed by atoms with Crippen molar-refractivity contribution in [3.8, 4) is 0 Å². The molecule has 0 saturated heterocycles. The van der Waals surface area contributed by atoms with Crippen LogP contribution in [-0.2, 0) is 10.1 Å². The first-order valence-electron chi connectivity index (χ1n) is 5.60. The number of rotatable bonds is 1. The van der Waals surface area contributed by atoms with Gasteiger partial charge in [-0.3, -0.25) is 4.55 Å². The zero-order chi connectivity index (χ0) is 13.5. The fourth-order valence-corrected chi connectivity index (χ4v) is 3.45. The predicted octanol–water partition coefficient (Wildman–Crippen LogP) is 3.57. The zero-order valence-corrected chi connectivity index (χ0v) is 11.4. The topological polar surface area (TPSA) is 54.4 Å². The summed E-state index contributed by atoms with van der Waals surface area (Å²) >= 11 is 1.58. The van der Waals surface area contributed by atoms with Crippen LogP contribution < -0.4 is 0 Å². The third-order valence-electron chi connectivity index (χ3n) is 2.86. The van der Waals surface area contributed by atoms with Crippen LogP contribution in [0.25, 0.3) is 12.2 Å². The quantitative estimate of drug-likeness (QED) is 0.696. The van der Waals surface area contributed by atoms with Crippen LogP contribution in [0.4, 0.5) is 0 Å². The Morgan fingerprint density at radius 2 is 1.58 bits per heavy atom. The van der Waals surface area contributed by atoms with E-state index >= 15 is 0 Å². The van der Waals surface area contributed by atoms with Gasteiger partial charge in [-0.1, -0.05) is 42.1 Å². The Kier molecular flexibility index (Phi) is 2.97. The van der Waals surface area contributed by atoms with E-state index in [0.717, 1.165) is 20.9 Å². The van der Waals surface area contributed by atoms with E-state index in [0.29, 0.717) is 0 Å². The summed E-state index contributed by atoms with van der Waals surface area (Å²) in [5, 5.41) is 0. The van der Waals surface area contributed by atoms with E-state index in [1.807, 2.05) is 36.4 Å². The first-order valence-corrected chi connectivity index (χ1v) is 7.86. The highest BCUT2D eigenvalue weighted by atomic mass is 32.2. The highest BCUT2D eigenvalue weighted by Crippen LogP contribution is 2.37. The molecule has 0 aromatic heterocycles. The molecule has 1 N–H and O–H groups in total. The number of fused-ring (bicyclic) bond motifs is 2. The van der Waals surface area contributed by atoms with Crippen molar-refractivity contribution in [2.45, 2.75) is 14.7 Å². The second-order valence-electron chi connectivity index (χ2n) is 4.15. The molecule has 0 spiro atoms. The lowest BCUT2D eigenvalue weighted by Gasteiger charge is -2.06. The minimum Gasteiger partial charge on any atom is -0.282 e. The molecular formula is C14H10O3S2. The number of benzene rings is 2. The Balaban J connectivity index is 2.14. The summed E-state index contributed by atoms with van der Waals surface area (Å²) in [5.41, 5.74) is 1.88. The minimum atomic E-state index is -4.16. The molecule has 19 heavy (non-hydrogen) atoms. The molecular weight excluding hydrogens is 280 g/mol. The van der Waals surface area contributed by atoms with Crippen molar-refractivity contribution in [2.75, 3.05) is 0 Å². The van der Waals surface area contributed by atoms with Crippen LogP contribution in [0.15, 0.2) is 57.2 Å². The van der Waals surface area contributed by atoms with Gasteiger partial charge in [-0.2, -0.15) is 8.42 Å². The average molecular weight is 290 g/mol. The Bertz CT molecular complexity index is 777. The second kappa shape index (κ2) is 4.52. The van der Waals surface area contributed by atoms with E-state index in [1.165, 1.54) is 12.1 Å². The van der Waals surface area contributed by atoms with Gasteiger partial charge < -0.3 is 0 Å². The van der Waals surface area contributed by atoms with Crippen LogP contribution >= 0.6 is 11.8 Å². The molecule has 0 atom stereocenters. The van der Waals surface area contributed by atoms with E-state index in [2.05, 4.69) is 0 Å². The zero-order valence-electron chi connectivity index (χ0n) is 9.78. The van der Waals surface area contributed by atoms with E-state index in [4.69, 9.17) is 4.55 Å². The molecule has 2 aromatic carbocycles. The Morgan fingerprint density at radius 3 is 2.37 bits per heavy atom. The van der Waals surface area contributed by atoms with E-state index in [9.17, 15) is 8.42 Å². The first-order chi connectivity index (χ1) is 9.04. The first kappa shape index (κ1) is 12.5. The minimum absolute atomic E-state index is 0.0811. The largest absolute Gasteiger partial charge is 0.294 e. The van der Waals surface area contributed by atoms with Gasteiger partial charge in [-0.15, -0.1) is 0 Å². The molecule has 1 aliphatic heterocycles. The van der Waals surface area contributed by atoms with Crippen LogP contribution in [0.5, 0.6) is 0 Å². The third-order valence-corrected chi connectivity index (χ3v) is 4.89. The molecule has 3 nitrogen and oxygen atoms in total. The molecule has 0 amide bonds. The fraction of sp³-hybridized carbons (Fsp3) is 0. The van der Waals surface area contributed by atoms with Crippen molar-refractivity contribution in [2.24, 2.45) is 0 Å². The number of hydrogen-bond acceptors (Lipinski definition) is 3. The highest BCUT2D eigenvalue weighted by Gasteiger charge is 2.14. The molecule has 1 heterocycles. The van der Waals surface area contributed by atoms with Gasteiger partial charge in [0.25, 0.3) is 10.1 Å². The van der Waals surface area contributed by atoms with Gasteiger partial charge in [0.05, 0.1) is 4.90 Å². The van der Waals surface area contributed by atoms with Crippen LogP contribution in [0.3, 0.4) is 0 Å². The smallest absolute Gasteiger partial charge is 0.282 e. The lowest BCUT2D eigenvalue weighted by atomic mass is 10.1. The average Bonchev–Trinajstić information content (AvgIpc) is 2.55. The van der Waals surface area contributed by atoms with Gasteiger partial charge >= 0.3 is 0 Å². The van der Waals surface area contributed by atoms with E-state index < -0.39 is 10.1 Å². The maximum absolute atomic E-state index is 11.1. The monoisotopic (exact) mass is 290 g/mol. The van der Waals surface area contributed by atoms with Gasteiger partial charge in [0.2, 0.25) is 0 Å².